The predicted octanol–water partition coefficient (Wildman–Crippen LogP) is 1.98. The molecule has 0 aliphatic carbocycles. The Morgan fingerprint density at radius 3 is 2.61 bits per heavy atom. The maximum atomic E-state index is 12.5. The summed E-state index contributed by atoms with van der Waals surface area (Å²) < 4.78 is 12.4. The van der Waals surface area contributed by atoms with E-state index in [1.807, 2.05) is 28.9 Å². The third-order valence-corrected chi connectivity index (χ3v) is 4.08. The van der Waals surface area contributed by atoms with Crippen LogP contribution < -0.4 is 9.47 Å². The molecule has 6 nitrogen and oxygen atoms in total. The van der Waals surface area contributed by atoms with Crippen LogP contribution in [-0.4, -0.2) is 47.9 Å². The lowest BCUT2D eigenvalue weighted by molar-refractivity contribution is 0.0461. The summed E-state index contributed by atoms with van der Waals surface area (Å²) >= 11 is 0. The summed E-state index contributed by atoms with van der Waals surface area (Å²) in [6.07, 6.45) is 3.88. The molecule has 0 atom stereocenters. The molecule has 2 aromatic rings. The van der Waals surface area contributed by atoms with E-state index in [1.165, 1.54) is 0 Å². The Kier molecular flexibility index (Phi) is 4.23. The minimum atomic E-state index is 0.0267. The van der Waals surface area contributed by atoms with Crippen LogP contribution in [0.15, 0.2) is 30.6 Å². The molecule has 1 aromatic carbocycles. The van der Waals surface area contributed by atoms with Crippen LogP contribution in [0.2, 0.25) is 0 Å². The average Bonchev–Trinajstić information content (AvgIpc) is 2.94. The molecule has 6 heteroatoms. The molecule has 1 amide bonds. The lowest BCUT2D eigenvalue weighted by Gasteiger charge is -2.39. The average molecular weight is 315 g/mol. The molecule has 3 rings (SSSR count). The SMILES string of the molecule is COc1ccc(C(=O)N2CC(Cn3cc(C)cn3)C2)cc1OC. The zero-order chi connectivity index (χ0) is 16.4. The van der Waals surface area contributed by atoms with Gasteiger partial charge in [0.25, 0.3) is 5.91 Å². The van der Waals surface area contributed by atoms with Crippen molar-refractivity contribution in [2.24, 2.45) is 5.92 Å². The van der Waals surface area contributed by atoms with E-state index < -0.39 is 0 Å². The van der Waals surface area contributed by atoms with Gasteiger partial charge in [0.2, 0.25) is 0 Å². The molecule has 2 heterocycles. The van der Waals surface area contributed by atoms with Crippen molar-refractivity contribution in [3.63, 3.8) is 0 Å². The standard InChI is InChI=1S/C17H21N3O3/c1-12-7-18-20(8-12)11-13-9-19(10-13)17(21)14-4-5-15(22-2)16(6-14)23-3/h4-8,13H,9-11H2,1-3H3. The minimum Gasteiger partial charge on any atom is -0.493 e. The minimum absolute atomic E-state index is 0.0267. The Morgan fingerprint density at radius 2 is 2.00 bits per heavy atom. The van der Waals surface area contributed by atoms with Crippen molar-refractivity contribution in [3.8, 4) is 11.5 Å². The van der Waals surface area contributed by atoms with E-state index in [1.54, 1.807) is 32.4 Å². The van der Waals surface area contributed by atoms with Crippen molar-refractivity contribution in [2.75, 3.05) is 27.3 Å². The van der Waals surface area contributed by atoms with E-state index in [9.17, 15) is 4.79 Å². The second-order valence-corrected chi connectivity index (χ2v) is 5.89. The van der Waals surface area contributed by atoms with E-state index in [0.717, 1.165) is 25.2 Å². The van der Waals surface area contributed by atoms with Crippen molar-refractivity contribution < 1.29 is 14.3 Å². The number of hydrogen-bond acceptors (Lipinski definition) is 4. The largest absolute Gasteiger partial charge is 0.493 e. The lowest BCUT2D eigenvalue weighted by Crippen LogP contribution is -2.51. The number of carbonyl (C=O) groups excluding carboxylic acids is 1. The molecule has 0 N–H and O–H groups in total. The fourth-order valence-electron chi connectivity index (χ4n) is 2.83. The van der Waals surface area contributed by atoms with Gasteiger partial charge in [0, 0.05) is 37.3 Å². The Hall–Kier alpha value is -2.50. The number of methoxy groups -OCH3 is 2. The van der Waals surface area contributed by atoms with E-state index >= 15 is 0 Å². The Labute approximate surface area is 135 Å². The second-order valence-electron chi connectivity index (χ2n) is 5.89. The molecular weight excluding hydrogens is 294 g/mol. The highest BCUT2D eigenvalue weighted by Crippen LogP contribution is 2.29. The van der Waals surface area contributed by atoms with Crippen LogP contribution in [0.1, 0.15) is 15.9 Å². The fourth-order valence-corrected chi connectivity index (χ4v) is 2.83. The number of ether oxygens (including phenoxy) is 2. The van der Waals surface area contributed by atoms with E-state index in [4.69, 9.17) is 9.47 Å². The van der Waals surface area contributed by atoms with Gasteiger partial charge in [0.1, 0.15) is 0 Å². The molecule has 0 bridgehead atoms. The van der Waals surface area contributed by atoms with Crippen molar-refractivity contribution in [3.05, 3.63) is 41.7 Å². The first kappa shape index (κ1) is 15.4. The van der Waals surface area contributed by atoms with Crippen molar-refractivity contribution in [2.45, 2.75) is 13.5 Å². The monoisotopic (exact) mass is 315 g/mol. The summed E-state index contributed by atoms with van der Waals surface area (Å²) in [7, 11) is 3.15. The summed E-state index contributed by atoms with van der Waals surface area (Å²) in [5, 5.41) is 4.29. The van der Waals surface area contributed by atoms with Gasteiger partial charge < -0.3 is 14.4 Å². The van der Waals surface area contributed by atoms with Crippen LogP contribution in [-0.2, 0) is 6.54 Å². The normalized spacial score (nSPS) is 14.5. The van der Waals surface area contributed by atoms with Crippen LogP contribution in [0.4, 0.5) is 0 Å². The van der Waals surface area contributed by atoms with Crippen molar-refractivity contribution in [1.29, 1.82) is 0 Å². The van der Waals surface area contributed by atoms with Gasteiger partial charge in [-0.05, 0) is 30.7 Å². The van der Waals surface area contributed by atoms with Crippen LogP contribution in [0, 0.1) is 12.8 Å². The Balaban J connectivity index is 1.60. The number of likely N-dealkylation sites (tertiary alicyclic amines) is 1. The van der Waals surface area contributed by atoms with Crippen molar-refractivity contribution >= 4 is 5.91 Å². The number of benzene rings is 1. The number of nitrogens with zero attached hydrogens (tertiary/aromatic N) is 3. The number of aromatic nitrogens is 2. The molecule has 0 spiro atoms. The smallest absolute Gasteiger partial charge is 0.254 e. The van der Waals surface area contributed by atoms with Crippen molar-refractivity contribution in [1.82, 2.24) is 14.7 Å². The van der Waals surface area contributed by atoms with E-state index in [2.05, 4.69) is 5.10 Å². The number of rotatable bonds is 5. The van der Waals surface area contributed by atoms with Crippen LogP contribution in [0.25, 0.3) is 0 Å². The summed E-state index contributed by atoms with van der Waals surface area (Å²) in [6, 6.07) is 5.26. The first-order valence-corrected chi connectivity index (χ1v) is 7.61. The molecule has 1 aromatic heterocycles. The third-order valence-electron chi connectivity index (χ3n) is 4.08. The molecule has 122 valence electrons. The van der Waals surface area contributed by atoms with Gasteiger partial charge in [-0.25, -0.2) is 0 Å². The first-order valence-electron chi connectivity index (χ1n) is 7.61. The summed E-state index contributed by atoms with van der Waals surface area (Å²) in [5.74, 6) is 1.68. The zero-order valence-corrected chi connectivity index (χ0v) is 13.7. The molecule has 0 radical (unpaired) electrons. The van der Waals surface area contributed by atoms with Gasteiger partial charge in [-0.1, -0.05) is 0 Å². The lowest BCUT2D eigenvalue weighted by atomic mass is 9.98. The summed E-state index contributed by atoms with van der Waals surface area (Å²) in [4.78, 5) is 14.4. The fraction of sp³-hybridized carbons (Fsp3) is 0.412. The van der Waals surface area contributed by atoms with Crippen LogP contribution >= 0.6 is 0 Å². The molecule has 0 unspecified atom stereocenters. The van der Waals surface area contributed by atoms with E-state index in [0.29, 0.717) is 23.0 Å². The number of amides is 1. The zero-order valence-electron chi connectivity index (χ0n) is 13.7. The van der Waals surface area contributed by atoms with E-state index in [-0.39, 0.29) is 5.91 Å². The highest BCUT2D eigenvalue weighted by Gasteiger charge is 2.31. The molecule has 1 aliphatic rings. The van der Waals surface area contributed by atoms with Crippen LogP contribution in [0.5, 0.6) is 11.5 Å². The summed E-state index contributed by atoms with van der Waals surface area (Å²) in [5.41, 5.74) is 1.78. The Morgan fingerprint density at radius 1 is 1.26 bits per heavy atom. The molecular formula is C17H21N3O3. The second kappa shape index (κ2) is 6.32. The maximum absolute atomic E-state index is 12.5. The quantitative estimate of drug-likeness (QED) is 0.846. The van der Waals surface area contributed by atoms with Crippen LogP contribution in [0.3, 0.4) is 0 Å². The number of hydrogen-bond donors (Lipinski definition) is 0. The van der Waals surface area contributed by atoms with Gasteiger partial charge in [-0.2, -0.15) is 5.10 Å². The molecule has 0 saturated carbocycles. The van der Waals surface area contributed by atoms with Gasteiger partial charge in [-0.3, -0.25) is 9.48 Å². The predicted molar refractivity (Wildman–Crippen MR) is 85.9 cm³/mol. The van der Waals surface area contributed by atoms with Gasteiger partial charge >= 0.3 is 0 Å². The molecule has 1 saturated heterocycles. The maximum Gasteiger partial charge on any atom is 0.254 e. The third kappa shape index (κ3) is 3.16. The molecule has 1 aliphatic heterocycles. The first-order chi connectivity index (χ1) is 11.1. The molecule has 23 heavy (non-hydrogen) atoms. The highest BCUT2D eigenvalue weighted by molar-refractivity contribution is 5.95. The van der Waals surface area contributed by atoms with Gasteiger partial charge in [0.05, 0.1) is 20.4 Å². The topological polar surface area (TPSA) is 56.6 Å². The highest BCUT2D eigenvalue weighted by atomic mass is 16.5. The van der Waals surface area contributed by atoms with Gasteiger partial charge in [0.15, 0.2) is 11.5 Å². The Bertz CT molecular complexity index is 705. The molecule has 1 fully saturated rings. The van der Waals surface area contributed by atoms with Gasteiger partial charge in [-0.15, -0.1) is 0 Å². The number of carbonyl (C=O) groups is 1. The summed E-state index contributed by atoms with van der Waals surface area (Å²) in [6.45, 7) is 4.39. The number of aryl methyl sites for hydroxylation is 1.